The second kappa shape index (κ2) is 9.24. The van der Waals surface area contributed by atoms with Gasteiger partial charge in [0, 0.05) is 11.3 Å². The summed E-state index contributed by atoms with van der Waals surface area (Å²) in [6, 6.07) is 6.06. The number of aryl methyl sites for hydroxylation is 3. The van der Waals surface area contributed by atoms with E-state index in [1.54, 1.807) is 6.92 Å². The number of anilines is 1. The van der Waals surface area contributed by atoms with Crippen molar-refractivity contribution in [2.24, 2.45) is 0 Å². The lowest BCUT2D eigenvalue weighted by atomic mass is 10.1. The van der Waals surface area contributed by atoms with Gasteiger partial charge in [0.25, 0.3) is 0 Å². The van der Waals surface area contributed by atoms with Gasteiger partial charge in [-0.3, -0.25) is 4.79 Å². The molecule has 150 valence electrons. The summed E-state index contributed by atoms with van der Waals surface area (Å²) in [4.78, 5) is 25.9. The zero-order chi connectivity index (χ0) is 20.1. The summed E-state index contributed by atoms with van der Waals surface area (Å²) in [6.45, 7) is 6.65. The second-order valence-corrected chi connectivity index (χ2v) is 8.16. The number of esters is 1. The summed E-state index contributed by atoms with van der Waals surface area (Å²) in [6.07, 6.45) is 3.85. The number of carbonyl (C=O) groups is 2. The van der Waals surface area contributed by atoms with E-state index >= 15 is 0 Å². The van der Waals surface area contributed by atoms with Crippen molar-refractivity contribution in [1.82, 2.24) is 0 Å². The first kappa shape index (κ1) is 20.4. The molecule has 0 atom stereocenters. The molecule has 2 aromatic rings. The van der Waals surface area contributed by atoms with Gasteiger partial charge in [0.15, 0.2) is 0 Å². The first-order valence-electron chi connectivity index (χ1n) is 9.81. The Morgan fingerprint density at radius 3 is 2.79 bits per heavy atom. The van der Waals surface area contributed by atoms with Gasteiger partial charge in [0.05, 0.1) is 18.8 Å². The third kappa shape index (κ3) is 4.73. The van der Waals surface area contributed by atoms with Gasteiger partial charge in [-0.15, -0.1) is 11.3 Å². The molecule has 1 aliphatic carbocycles. The zero-order valence-electron chi connectivity index (χ0n) is 16.7. The van der Waals surface area contributed by atoms with Crippen LogP contribution >= 0.6 is 11.3 Å². The minimum atomic E-state index is -0.338. The van der Waals surface area contributed by atoms with Crippen molar-refractivity contribution in [3.8, 4) is 5.75 Å². The highest BCUT2D eigenvalue weighted by Crippen LogP contribution is 2.39. The number of hydrogen-bond acceptors (Lipinski definition) is 5. The normalized spacial score (nSPS) is 12.5. The smallest absolute Gasteiger partial charge is 0.341 e. The number of fused-ring (bicyclic) bond motifs is 1. The van der Waals surface area contributed by atoms with Crippen LogP contribution in [0.25, 0.3) is 0 Å². The minimum Gasteiger partial charge on any atom is -0.493 e. The maximum absolute atomic E-state index is 12.4. The summed E-state index contributed by atoms with van der Waals surface area (Å²) in [7, 11) is 0. The maximum Gasteiger partial charge on any atom is 0.341 e. The fraction of sp³-hybridized carbons (Fsp3) is 0.455. The average Bonchev–Trinajstić information content (AvgIpc) is 3.21. The number of benzene rings is 1. The van der Waals surface area contributed by atoms with E-state index in [0.29, 0.717) is 36.6 Å². The van der Waals surface area contributed by atoms with Crippen LogP contribution < -0.4 is 10.1 Å². The van der Waals surface area contributed by atoms with Gasteiger partial charge in [-0.2, -0.15) is 0 Å². The van der Waals surface area contributed by atoms with E-state index in [4.69, 9.17) is 9.47 Å². The molecular weight excluding hydrogens is 374 g/mol. The third-order valence-corrected chi connectivity index (χ3v) is 6.00. The molecular formula is C22H27NO4S. The quantitative estimate of drug-likeness (QED) is 0.508. The molecule has 1 aromatic heterocycles. The number of ether oxygens (including phenoxy) is 2. The van der Waals surface area contributed by atoms with Crippen LogP contribution in [0.15, 0.2) is 18.2 Å². The molecule has 0 radical (unpaired) electrons. The Bertz CT molecular complexity index is 872. The van der Waals surface area contributed by atoms with Crippen LogP contribution in [-0.4, -0.2) is 25.1 Å². The Hall–Kier alpha value is -2.34. The zero-order valence-corrected chi connectivity index (χ0v) is 17.5. The van der Waals surface area contributed by atoms with Crippen LogP contribution in [0.2, 0.25) is 0 Å². The Balaban J connectivity index is 1.54. The molecule has 0 saturated heterocycles. The van der Waals surface area contributed by atoms with Crippen molar-refractivity contribution in [2.45, 2.75) is 52.9 Å². The molecule has 0 saturated carbocycles. The van der Waals surface area contributed by atoms with Gasteiger partial charge in [0.2, 0.25) is 5.91 Å². The van der Waals surface area contributed by atoms with E-state index in [1.165, 1.54) is 21.8 Å². The van der Waals surface area contributed by atoms with Crippen LogP contribution in [0.4, 0.5) is 5.00 Å². The van der Waals surface area contributed by atoms with Gasteiger partial charge in [0.1, 0.15) is 10.8 Å². The highest BCUT2D eigenvalue weighted by Gasteiger charge is 2.28. The lowest BCUT2D eigenvalue weighted by Crippen LogP contribution is -2.15. The summed E-state index contributed by atoms with van der Waals surface area (Å²) < 4.78 is 11.0. The summed E-state index contributed by atoms with van der Waals surface area (Å²) in [5.41, 5.74) is 3.90. The van der Waals surface area contributed by atoms with E-state index in [1.807, 2.05) is 26.0 Å². The Morgan fingerprint density at radius 1 is 1.21 bits per heavy atom. The van der Waals surface area contributed by atoms with Gasteiger partial charge in [-0.05, 0) is 63.6 Å². The molecule has 6 heteroatoms. The topological polar surface area (TPSA) is 64.6 Å². The highest BCUT2D eigenvalue weighted by molar-refractivity contribution is 7.17. The van der Waals surface area contributed by atoms with Crippen LogP contribution in [0.5, 0.6) is 5.75 Å². The van der Waals surface area contributed by atoms with E-state index in [0.717, 1.165) is 36.1 Å². The van der Waals surface area contributed by atoms with Crippen LogP contribution in [0.3, 0.4) is 0 Å². The van der Waals surface area contributed by atoms with Crippen molar-refractivity contribution >= 4 is 28.2 Å². The van der Waals surface area contributed by atoms with Crippen molar-refractivity contribution in [2.75, 3.05) is 18.5 Å². The molecule has 1 N–H and O–H groups in total. The second-order valence-electron chi connectivity index (χ2n) is 7.05. The molecule has 0 bridgehead atoms. The van der Waals surface area contributed by atoms with Crippen molar-refractivity contribution in [3.63, 3.8) is 0 Å². The maximum atomic E-state index is 12.4. The predicted octanol–water partition coefficient (Wildman–Crippen LogP) is 4.83. The fourth-order valence-corrected chi connectivity index (χ4v) is 4.77. The summed E-state index contributed by atoms with van der Waals surface area (Å²) in [5.74, 6) is 0.412. The van der Waals surface area contributed by atoms with E-state index in [-0.39, 0.29) is 11.9 Å². The van der Waals surface area contributed by atoms with Gasteiger partial charge < -0.3 is 14.8 Å². The molecule has 0 fully saturated rings. The first-order chi connectivity index (χ1) is 13.5. The lowest BCUT2D eigenvalue weighted by molar-refractivity contribution is -0.116. The third-order valence-electron chi connectivity index (χ3n) is 4.79. The van der Waals surface area contributed by atoms with Gasteiger partial charge in [-0.1, -0.05) is 17.7 Å². The predicted molar refractivity (Wildman–Crippen MR) is 112 cm³/mol. The highest BCUT2D eigenvalue weighted by atomic mass is 32.1. The lowest BCUT2D eigenvalue weighted by Gasteiger charge is -2.10. The van der Waals surface area contributed by atoms with E-state index in [9.17, 15) is 9.59 Å². The molecule has 1 heterocycles. The Morgan fingerprint density at radius 2 is 2.04 bits per heavy atom. The molecule has 0 unspecified atom stereocenters. The Kier molecular flexibility index (Phi) is 6.73. The molecule has 28 heavy (non-hydrogen) atoms. The van der Waals surface area contributed by atoms with Crippen LogP contribution in [-0.2, 0) is 22.4 Å². The molecule has 5 nitrogen and oxygen atoms in total. The van der Waals surface area contributed by atoms with E-state index in [2.05, 4.69) is 11.4 Å². The summed E-state index contributed by atoms with van der Waals surface area (Å²) >= 11 is 1.51. The first-order valence-corrected chi connectivity index (χ1v) is 10.6. The number of rotatable bonds is 8. The average molecular weight is 402 g/mol. The van der Waals surface area contributed by atoms with E-state index < -0.39 is 0 Å². The van der Waals surface area contributed by atoms with Gasteiger partial charge in [-0.25, -0.2) is 4.79 Å². The molecule has 1 aliphatic rings. The largest absolute Gasteiger partial charge is 0.493 e. The summed E-state index contributed by atoms with van der Waals surface area (Å²) in [5, 5.41) is 3.55. The SMILES string of the molecule is CCOC(=O)c1c(NC(=O)CCCOc2ccc(C)cc2C)sc2c1CCC2. The monoisotopic (exact) mass is 401 g/mol. The number of nitrogens with one attached hydrogen (secondary N) is 1. The number of carbonyl (C=O) groups excluding carboxylic acids is 2. The molecule has 3 rings (SSSR count). The van der Waals surface area contributed by atoms with Crippen LogP contribution in [0.1, 0.15) is 58.1 Å². The van der Waals surface area contributed by atoms with Gasteiger partial charge >= 0.3 is 5.97 Å². The minimum absolute atomic E-state index is 0.102. The van der Waals surface area contributed by atoms with Crippen molar-refractivity contribution < 1.29 is 19.1 Å². The number of hydrogen-bond donors (Lipinski definition) is 1. The van der Waals surface area contributed by atoms with Crippen LogP contribution in [0, 0.1) is 13.8 Å². The molecule has 1 amide bonds. The molecule has 0 aliphatic heterocycles. The number of thiophene rings is 1. The van der Waals surface area contributed by atoms with Crippen molar-refractivity contribution in [3.05, 3.63) is 45.3 Å². The fourth-order valence-electron chi connectivity index (χ4n) is 3.48. The molecule has 0 spiro atoms. The standard InChI is InChI=1S/C22H27NO4S/c1-4-26-22(25)20-16-7-5-8-18(16)28-21(20)23-19(24)9-6-12-27-17-11-10-14(2)13-15(17)3/h10-11,13H,4-9,12H2,1-3H3,(H,23,24). The molecule has 1 aromatic carbocycles. The Labute approximate surface area is 170 Å². The van der Waals surface area contributed by atoms with Crippen molar-refractivity contribution in [1.29, 1.82) is 0 Å². The number of amides is 1.